The van der Waals surface area contributed by atoms with Crippen molar-refractivity contribution in [3.63, 3.8) is 0 Å². The summed E-state index contributed by atoms with van der Waals surface area (Å²) in [4.78, 5) is 3.94. The number of aromatic nitrogens is 3. The molecule has 2 atom stereocenters. The van der Waals surface area contributed by atoms with Crippen molar-refractivity contribution < 1.29 is 8.42 Å². The van der Waals surface area contributed by atoms with Crippen molar-refractivity contribution in [1.82, 2.24) is 19.9 Å². The van der Waals surface area contributed by atoms with Gasteiger partial charge in [-0.05, 0) is 18.4 Å². The molecule has 2 rings (SSSR count). The Bertz CT molecular complexity index is 626. The fourth-order valence-electron chi connectivity index (χ4n) is 2.00. The monoisotopic (exact) mass is 294 g/mol. The Morgan fingerprint density at radius 1 is 1.25 bits per heavy atom. The number of benzene rings is 1. The van der Waals surface area contributed by atoms with E-state index >= 15 is 0 Å². The molecule has 2 N–H and O–H groups in total. The van der Waals surface area contributed by atoms with E-state index in [0.29, 0.717) is 5.82 Å². The molecule has 2 unspecified atom stereocenters. The van der Waals surface area contributed by atoms with Gasteiger partial charge in [0, 0.05) is 0 Å². The van der Waals surface area contributed by atoms with Crippen molar-refractivity contribution in [2.24, 2.45) is 0 Å². The highest BCUT2D eigenvalue weighted by Crippen LogP contribution is 2.17. The van der Waals surface area contributed by atoms with Crippen LogP contribution < -0.4 is 4.72 Å². The van der Waals surface area contributed by atoms with Crippen LogP contribution in [0.5, 0.6) is 0 Å². The molecule has 108 valence electrons. The van der Waals surface area contributed by atoms with Gasteiger partial charge in [0.1, 0.15) is 12.2 Å². The van der Waals surface area contributed by atoms with Gasteiger partial charge in [-0.2, -0.15) is 5.10 Å². The molecule has 6 nitrogen and oxygen atoms in total. The van der Waals surface area contributed by atoms with Crippen molar-refractivity contribution in [2.45, 2.75) is 25.8 Å². The molecule has 0 aliphatic heterocycles. The Balaban J connectivity index is 2.01. The van der Waals surface area contributed by atoms with Crippen molar-refractivity contribution in [3.8, 4) is 0 Å². The average molecular weight is 294 g/mol. The summed E-state index contributed by atoms with van der Waals surface area (Å²) in [7, 11) is -3.39. The molecule has 1 aromatic carbocycles. The molecule has 0 radical (unpaired) electrons. The van der Waals surface area contributed by atoms with Crippen LogP contribution >= 0.6 is 0 Å². The number of rotatable bonds is 6. The molecule has 7 heteroatoms. The van der Waals surface area contributed by atoms with Crippen LogP contribution in [-0.4, -0.2) is 29.4 Å². The first-order valence-electron chi connectivity index (χ1n) is 6.38. The van der Waals surface area contributed by atoms with E-state index < -0.39 is 16.1 Å². The Morgan fingerprint density at radius 3 is 2.55 bits per heavy atom. The minimum absolute atomic E-state index is 0.0372. The molecule has 0 saturated carbocycles. The molecule has 0 aliphatic carbocycles. The number of nitrogens with one attached hydrogen (secondary N) is 2. The number of hydrogen-bond donors (Lipinski definition) is 2. The van der Waals surface area contributed by atoms with Gasteiger partial charge in [-0.25, -0.2) is 18.1 Å². The van der Waals surface area contributed by atoms with Crippen molar-refractivity contribution in [3.05, 3.63) is 48.0 Å². The van der Waals surface area contributed by atoms with Crippen LogP contribution in [0, 0.1) is 0 Å². The van der Waals surface area contributed by atoms with E-state index in [1.807, 2.05) is 37.3 Å². The van der Waals surface area contributed by atoms with Crippen LogP contribution in [0.2, 0.25) is 0 Å². The lowest BCUT2D eigenvalue weighted by atomic mass is 10.0. The van der Waals surface area contributed by atoms with E-state index in [9.17, 15) is 8.42 Å². The third-order valence-corrected chi connectivity index (χ3v) is 4.69. The van der Waals surface area contributed by atoms with Gasteiger partial charge >= 0.3 is 0 Å². The summed E-state index contributed by atoms with van der Waals surface area (Å²) in [5, 5.41) is 6.37. The molecular weight excluding hydrogens is 276 g/mol. The van der Waals surface area contributed by atoms with Crippen LogP contribution in [-0.2, 0) is 10.0 Å². The summed E-state index contributed by atoms with van der Waals surface area (Å²) in [6, 6.07) is 9.16. The quantitative estimate of drug-likeness (QED) is 0.847. The van der Waals surface area contributed by atoms with Gasteiger partial charge in [0.25, 0.3) is 0 Å². The van der Waals surface area contributed by atoms with E-state index in [0.717, 1.165) is 5.56 Å². The largest absolute Gasteiger partial charge is 0.262 e. The molecule has 0 saturated heterocycles. The Morgan fingerprint density at radius 2 is 1.95 bits per heavy atom. The maximum atomic E-state index is 12.1. The molecule has 0 spiro atoms. The standard InChI is InChI=1S/C13H18N4O2S/c1-10(12-6-4-3-5-7-12)8-20(18,19)17-11(2)13-14-9-15-16-13/h3-7,9-11,17H,8H2,1-2H3,(H,14,15,16). The van der Waals surface area contributed by atoms with Gasteiger partial charge in [-0.15, -0.1) is 0 Å². The maximum Gasteiger partial charge on any atom is 0.212 e. The van der Waals surface area contributed by atoms with Crippen LogP contribution in [0.4, 0.5) is 0 Å². The van der Waals surface area contributed by atoms with Crippen LogP contribution in [0.15, 0.2) is 36.7 Å². The molecule has 1 heterocycles. The Kier molecular flexibility index (Phi) is 4.51. The first kappa shape index (κ1) is 14.7. The van der Waals surface area contributed by atoms with Gasteiger partial charge in [0.15, 0.2) is 0 Å². The highest BCUT2D eigenvalue weighted by molar-refractivity contribution is 7.89. The molecule has 0 aliphatic rings. The Hall–Kier alpha value is -1.73. The van der Waals surface area contributed by atoms with Crippen LogP contribution in [0.3, 0.4) is 0 Å². The molecule has 1 aromatic heterocycles. The number of aromatic amines is 1. The van der Waals surface area contributed by atoms with Gasteiger partial charge in [0.05, 0.1) is 11.8 Å². The van der Waals surface area contributed by atoms with Gasteiger partial charge < -0.3 is 0 Å². The van der Waals surface area contributed by atoms with Gasteiger partial charge in [-0.3, -0.25) is 5.10 Å². The predicted molar refractivity (Wildman–Crippen MR) is 76.6 cm³/mol. The zero-order chi connectivity index (χ0) is 14.6. The van der Waals surface area contributed by atoms with Crippen LogP contribution in [0.25, 0.3) is 0 Å². The lowest BCUT2D eigenvalue weighted by molar-refractivity contribution is 0.555. The molecule has 0 bridgehead atoms. The highest BCUT2D eigenvalue weighted by atomic mass is 32.2. The van der Waals surface area contributed by atoms with Gasteiger partial charge in [-0.1, -0.05) is 37.3 Å². The normalized spacial score (nSPS) is 14.9. The minimum atomic E-state index is -3.39. The second-order valence-electron chi connectivity index (χ2n) is 4.80. The van der Waals surface area contributed by atoms with Crippen LogP contribution in [0.1, 0.15) is 37.2 Å². The maximum absolute atomic E-state index is 12.1. The molecule has 0 amide bonds. The van der Waals surface area contributed by atoms with E-state index in [1.165, 1.54) is 6.33 Å². The second-order valence-corrected chi connectivity index (χ2v) is 6.60. The third-order valence-electron chi connectivity index (χ3n) is 3.04. The fraction of sp³-hybridized carbons (Fsp3) is 0.385. The van der Waals surface area contributed by atoms with E-state index in [-0.39, 0.29) is 11.7 Å². The highest BCUT2D eigenvalue weighted by Gasteiger charge is 2.21. The molecular formula is C13H18N4O2S. The molecule has 20 heavy (non-hydrogen) atoms. The number of hydrogen-bond acceptors (Lipinski definition) is 4. The lowest BCUT2D eigenvalue weighted by Crippen LogP contribution is -2.31. The van der Waals surface area contributed by atoms with E-state index in [1.54, 1.807) is 6.92 Å². The smallest absolute Gasteiger partial charge is 0.212 e. The summed E-state index contributed by atoms with van der Waals surface area (Å²) >= 11 is 0. The molecule has 0 fully saturated rings. The zero-order valence-corrected chi connectivity index (χ0v) is 12.3. The summed E-state index contributed by atoms with van der Waals surface area (Å²) in [5.74, 6) is 0.465. The summed E-state index contributed by atoms with van der Waals surface area (Å²) in [6.07, 6.45) is 1.35. The summed E-state index contributed by atoms with van der Waals surface area (Å²) in [5.41, 5.74) is 1.00. The third kappa shape index (κ3) is 3.88. The zero-order valence-electron chi connectivity index (χ0n) is 11.4. The SMILES string of the molecule is CC(CS(=O)(=O)NC(C)c1ncn[nH]1)c1ccccc1. The van der Waals surface area contributed by atoms with E-state index in [2.05, 4.69) is 19.9 Å². The first-order chi connectivity index (χ1) is 9.48. The lowest BCUT2D eigenvalue weighted by Gasteiger charge is -2.15. The fourth-order valence-corrected chi connectivity index (χ4v) is 3.60. The van der Waals surface area contributed by atoms with E-state index in [4.69, 9.17) is 0 Å². The van der Waals surface area contributed by atoms with Crippen molar-refractivity contribution in [1.29, 1.82) is 0 Å². The Labute approximate surface area is 118 Å². The second kappa shape index (κ2) is 6.15. The average Bonchev–Trinajstić information content (AvgIpc) is 2.92. The first-order valence-corrected chi connectivity index (χ1v) is 8.03. The topological polar surface area (TPSA) is 87.7 Å². The summed E-state index contributed by atoms with van der Waals surface area (Å²) < 4.78 is 26.9. The number of sulfonamides is 1. The molecule has 2 aromatic rings. The van der Waals surface area contributed by atoms with Crippen molar-refractivity contribution >= 4 is 10.0 Å². The minimum Gasteiger partial charge on any atom is -0.262 e. The number of nitrogens with zero attached hydrogens (tertiary/aromatic N) is 2. The predicted octanol–water partition coefficient (Wildman–Crippen LogP) is 1.59. The number of H-pyrrole nitrogens is 1. The van der Waals surface area contributed by atoms with Crippen molar-refractivity contribution in [2.75, 3.05) is 5.75 Å². The summed E-state index contributed by atoms with van der Waals surface area (Å²) in [6.45, 7) is 3.62. The van der Waals surface area contributed by atoms with Gasteiger partial charge in [0.2, 0.25) is 10.0 Å².